The second-order valence-electron chi connectivity index (χ2n) is 5.16. The molecule has 1 heterocycles. The van der Waals surface area contributed by atoms with Crippen LogP contribution in [0.4, 0.5) is 13.2 Å². The minimum Gasteiger partial charge on any atom is -0.360 e. The van der Waals surface area contributed by atoms with Crippen molar-refractivity contribution in [3.05, 3.63) is 0 Å². The van der Waals surface area contributed by atoms with Crippen molar-refractivity contribution in [1.29, 1.82) is 0 Å². The maximum atomic E-state index is 12.6. The summed E-state index contributed by atoms with van der Waals surface area (Å²) >= 11 is 0. The largest absolute Gasteiger partial charge is 0.415 e. The van der Waals surface area contributed by atoms with E-state index in [0.29, 0.717) is 12.5 Å². The second-order valence-corrected chi connectivity index (χ2v) is 5.16. The van der Waals surface area contributed by atoms with Gasteiger partial charge in [0, 0.05) is 13.1 Å². The molecule has 1 saturated carbocycles. The Hall–Kier alpha value is -0.290. The molecule has 94 valence electrons. The maximum absolute atomic E-state index is 12.6. The lowest BCUT2D eigenvalue weighted by molar-refractivity contribution is -0.269. The van der Waals surface area contributed by atoms with Crippen LogP contribution < -0.4 is 5.32 Å². The molecule has 1 aliphatic carbocycles. The van der Waals surface area contributed by atoms with Gasteiger partial charge in [-0.3, -0.25) is 0 Å². The molecular formula is C11H18F3NO. The Kier molecular flexibility index (Phi) is 3.18. The molecule has 3 unspecified atom stereocenters. The molecule has 2 aliphatic rings. The number of ether oxygens (including phenoxy) is 1. The number of morpholine rings is 1. The first-order valence-corrected chi connectivity index (χ1v) is 5.87. The van der Waals surface area contributed by atoms with Gasteiger partial charge in [0.05, 0.1) is 5.60 Å². The van der Waals surface area contributed by atoms with Crippen LogP contribution in [-0.2, 0) is 4.74 Å². The summed E-state index contributed by atoms with van der Waals surface area (Å²) in [6.07, 6.45) is -2.33. The fourth-order valence-corrected chi connectivity index (χ4v) is 2.88. The molecule has 3 atom stereocenters. The van der Waals surface area contributed by atoms with Crippen molar-refractivity contribution < 1.29 is 17.9 Å². The Morgan fingerprint density at radius 3 is 2.75 bits per heavy atom. The van der Waals surface area contributed by atoms with Gasteiger partial charge in [-0.15, -0.1) is 0 Å². The molecule has 2 rings (SSSR count). The van der Waals surface area contributed by atoms with Crippen LogP contribution in [0.5, 0.6) is 0 Å². The first-order valence-electron chi connectivity index (χ1n) is 5.87. The van der Waals surface area contributed by atoms with E-state index in [1.54, 1.807) is 0 Å². The highest BCUT2D eigenvalue weighted by Crippen LogP contribution is 2.39. The predicted molar refractivity (Wildman–Crippen MR) is 54.2 cm³/mol. The molecule has 1 spiro atoms. The van der Waals surface area contributed by atoms with Gasteiger partial charge in [0.1, 0.15) is 0 Å². The van der Waals surface area contributed by atoms with Crippen molar-refractivity contribution in [3.63, 3.8) is 0 Å². The molecule has 1 aliphatic heterocycles. The molecule has 0 aromatic carbocycles. The highest BCUT2D eigenvalue weighted by atomic mass is 19.4. The van der Waals surface area contributed by atoms with Gasteiger partial charge >= 0.3 is 6.18 Å². The van der Waals surface area contributed by atoms with E-state index in [1.807, 2.05) is 0 Å². The normalized spacial score (nSPS) is 41.2. The highest BCUT2D eigenvalue weighted by molar-refractivity contribution is 4.94. The number of rotatable bonds is 0. The average Bonchev–Trinajstić information content (AvgIpc) is 2.16. The number of nitrogens with one attached hydrogen (secondary N) is 1. The van der Waals surface area contributed by atoms with Crippen molar-refractivity contribution in [2.24, 2.45) is 5.92 Å². The van der Waals surface area contributed by atoms with Gasteiger partial charge in [0.15, 0.2) is 6.10 Å². The summed E-state index contributed by atoms with van der Waals surface area (Å²) in [5, 5.41) is 2.88. The van der Waals surface area contributed by atoms with Crippen molar-refractivity contribution in [2.75, 3.05) is 13.1 Å². The summed E-state index contributed by atoms with van der Waals surface area (Å²) < 4.78 is 43.2. The lowest BCUT2D eigenvalue weighted by atomic mass is 9.78. The topological polar surface area (TPSA) is 21.3 Å². The van der Waals surface area contributed by atoms with Gasteiger partial charge in [0.25, 0.3) is 0 Å². The molecular weight excluding hydrogens is 219 g/mol. The summed E-state index contributed by atoms with van der Waals surface area (Å²) in [4.78, 5) is 0. The van der Waals surface area contributed by atoms with Gasteiger partial charge < -0.3 is 10.1 Å². The van der Waals surface area contributed by atoms with Crippen LogP contribution in [0.25, 0.3) is 0 Å². The predicted octanol–water partition coefficient (Wildman–Crippen LogP) is 2.49. The smallest absolute Gasteiger partial charge is 0.360 e. The fourth-order valence-electron chi connectivity index (χ4n) is 2.88. The van der Waals surface area contributed by atoms with Crippen molar-refractivity contribution in [2.45, 2.75) is 50.5 Å². The highest BCUT2D eigenvalue weighted by Gasteiger charge is 2.49. The Bertz CT molecular complexity index is 252. The van der Waals surface area contributed by atoms with Crippen LogP contribution in [-0.4, -0.2) is 31.0 Å². The second kappa shape index (κ2) is 4.18. The Balaban J connectivity index is 2.05. The number of alkyl halides is 3. The van der Waals surface area contributed by atoms with Crippen molar-refractivity contribution >= 4 is 0 Å². The van der Waals surface area contributed by atoms with E-state index in [1.165, 1.54) is 0 Å². The summed E-state index contributed by atoms with van der Waals surface area (Å²) in [7, 11) is 0. The molecule has 0 bridgehead atoms. The quantitative estimate of drug-likeness (QED) is 0.699. The van der Waals surface area contributed by atoms with E-state index < -0.39 is 17.9 Å². The van der Waals surface area contributed by atoms with E-state index in [-0.39, 0.29) is 6.54 Å². The Morgan fingerprint density at radius 1 is 1.38 bits per heavy atom. The molecule has 1 N–H and O–H groups in total. The third-order valence-corrected chi connectivity index (χ3v) is 3.58. The van der Waals surface area contributed by atoms with Crippen molar-refractivity contribution in [3.8, 4) is 0 Å². The third kappa shape index (κ3) is 2.51. The molecule has 16 heavy (non-hydrogen) atoms. The monoisotopic (exact) mass is 237 g/mol. The van der Waals surface area contributed by atoms with E-state index in [2.05, 4.69) is 12.2 Å². The van der Waals surface area contributed by atoms with Gasteiger partial charge in [-0.1, -0.05) is 19.8 Å². The fraction of sp³-hybridized carbons (Fsp3) is 1.00. The molecule has 0 aromatic rings. The molecule has 1 saturated heterocycles. The van der Waals surface area contributed by atoms with E-state index in [4.69, 9.17) is 4.74 Å². The van der Waals surface area contributed by atoms with Crippen LogP contribution in [0, 0.1) is 5.92 Å². The lowest BCUT2D eigenvalue weighted by Gasteiger charge is -2.46. The molecule has 0 amide bonds. The van der Waals surface area contributed by atoms with Gasteiger partial charge in [-0.2, -0.15) is 13.2 Å². The number of hydrogen-bond donors (Lipinski definition) is 1. The maximum Gasteiger partial charge on any atom is 0.415 e. The van der Waals surface area contributed by atoms with E-state index in [9.17, 15) is 13.2 Å². The zero-order valence-electron chi connectivity index (χ0n) is 9.44. The standard InChI is InChI=1S/C11H18F3NO/c1-8-3-2-4-10(5-8)7-15-6-9(16-10)11(12,13)14/h8-9,15H,2-7H2,1H3. The molecule has 2 nitrogen and oxygen atoms in total. The van der Waals surface area contributed by atoms with E-state index >= 15 is 0 Å². The number of hydrogen-bond acceptors (Lipinski definition) is 2. The third-order valence-electron chi connectivity index (χ3n) is 3.58. The lowest BCUT2D eigenvalue weighted by Crippen LogP contribution is -2.59. The van der Waals surface area contributed by atoms with Crippen LogP contribution in [0.3, 0.4) is 0 Å². The van der Waals surface area contributed by atoms with E-state index in [0.717, 1.165) is 25.7 Å². The van der Waals surface area contributed by atoms with Crippen LogP contribution >= 0.6 is 0 Å². The minimum atomic E-state index is -4.25. The first kappa shape index (κ1) is 12.2. The molecule has 5 heteroatoms. The van der Waals surface area contributed by atoms with Gasteiger partial charge in [0.2, 0.25) is 0 Å². The van der Waals surface area contributed by atoms with Gasteiger partial charge in [-0.25, -0.2) is 0 Å². The summed E-state index contributed by atoms with van der Waals surface area (Å²) in [6, 6.07) is 0. The Labute approximate surface area is 93.5 Å². The first-order chi connectivity index (χ1) is 7.41. The van der Waals surface area contributed by atoms with Crippen LogP contribution in [0.15, 0.2) is 0 Å². The zero-order chi connectivity index (χ0) is 11.8. The summed E-state index contributed by atoms with van der Waals surface area (Å²) in [5.74, 6) is 0.461. The average molecular weight is 237 g/mol. The summed E-state index contributed by atoms with van der Waals surface area (Å²) in [6.45, 7) is 2.53. The van der Waals surface area contributed by atoms with Crippen LogP contribution in [0.2, 0.25) is 0 Å². The zero-order valence-corrected chi connectivity index (χ0v) is 9.44. The summed E-state index contributed by atoms with van der Waals surface area (Å²) in [5.41, 5.74) is -0.573. The number of halogens is 3. The molecule has 0 radical (unpaired) electrons. The molecule has 2 fully saturated rings. The van der Waals surface area contributed by atoms with Crippen LogP contribution in [0.1, 0.15) is 32.6 Å². The Morgan fingerprint density at radius 2 is 2.12 bits per heavy atom. The SMILES string of the molecule is CC1CCCC2(CNCC(C(F)(F)F)O2)C1. The molecule has 0 aromatic heterocycles. The van der Waals surface area contributed by atoms with Crippen molar-refractivity contribution in [1.82, 2.24) is 5.32 Å². The minimum absolute atomic E-state index is 0.111. The van der Waals surface area contributed by atoms with Gasteiger partial charge in [-0.05, 0) is 18.8 Å².